The molecule has 1 aliphatic carbocycles. The molecule has 82 valence electrons. The second-order valence-corrected chi connectivity index (χ2v) is 4.45. The Labute approximate surface area is 90.3 Å². The minimum absolute atomic E-state index is 0.223. The first-order valence-corrected chi connectivity index (χ1v) is 5.67. The van der Waals surface area contributed by atoms with Gasteiger partial charge in [-0.15, -0.1) is 0 Å². The van der Waals surface area contributed by atoms with Crippen LogP contribution in [0, 0.1) is 11.8 Å². The highest BCUT2D eigenvalue weighted by molar-refractivity contribution is 5.79. The third kappa shape index (κ3) is 2.41. The molecule has 0 bridgehead atoms. The van der Waals surface area contributed by atoms with Crippen LogP contribution in [0.15, 0.2) is 18.5 Å². The van der Waals surface area contributed by atoms with Crippen LogP contribution >= 0.6 is 0 Å². The summed E-state index contributed by atoms with van der Waals surface area (Å²) < 4.78 is 0. The van der Waals surface area contributed by atoms with Gasteiger partial charge in [0.05, 0.1) is 0 Å². The van der Waals surface area contributed by atoms with Crippen LogP contribution in [0.2, 0.25) is 0 Å². The number of nitrogens with one attached hydrogen (secondary N) is 2. The van der Waals surface area contributed by atoms with E-state index < -0.39 is 0 Å². The Morgan fingerprint density at radius 2 is 2.47 bits per heavy atom. The van der Waals surface area contributed by atoms with Gasteiger partial charge >= 0.3 is 0 Å². The van der Waals surface area contributed by atoms with Gasteiger partial charge in [-0.25, -0.2) is 0 Å². The molecule has 0 aliphatic heterocycles. The molecular weight excluding hydrogens is 188 g/mol. The van der Waals surface area contributed by atoms with Crippen LogP contribution in [0.1, 0.15) is 31.7 Å². The number of aromatic nitrogens is 1. The van der Waals surface area contributed by atoms with E-state index in [1.807, 2.05) is 18.5 Å². The number of rotatable bonds is 3. The summed E-state index contributed by atoms with van der Waals surface area (Å²) in [5, 5.41) is 3.00. The topological polar surface area (TPSA) is 44.9 Å². The summed E-state index contributed by atoms with van der Waals surface area (Å²) in [6, 6.07) is 1.98. The Kier molecular flexibility index (Phi) is 3.09. The molecule has 1 amide bonds. The number of amides is 1. The van der Waals surface area contributed by atoms with Crippen molar-refractivity contribution in [1.82, 2.24) is 10.3 Å². The summed E-state index contributed by atoms with van der Waals surface area (Å²) in [7, 11) is 0. The van der Waals surface area contributed by atoms with Gasteiger partial charge in [0.15, 0.2) is 0 Å². The van der Waals surface area contributed by atoms with Gasteiger partial charge in [0, 0.05) is 24.9 Å². The zero-order chi connectivity index (χ0) is 10.7. The van der Waals surface area contributed by atoms with Crippen molar-refractivity contribution in [3.05, 3.63) is 24.0 Å². The minimum atomic E-state index is 0.223. The first-order valence-electron chi connectivity index (χ1n) is 5.67. The van der Waals surface area contributed by atoms with E-state index in [9.17, 15) is 4.79 Å². The maximum atomic E-state index is 11.8. The zero-order valence-corrected chi connectivity index (χ0v) is 9.12. The molecule has 0 radical (unpaired) electrons. The number of aromatic amines is 1. The molecule has 1 aromatic heterocycles. The van der Waals surface area contributed by atoms with Gasteiger partial charge in [0.1, 0.15) is 0 Å². The molecular formula is C12H18N2O. The van der Waals surface area contributed by atoms with Crippen LogP contribution < -0.4 is 5.32 Å². The molecule has 2 rings (SSSR count). The average molecular weight is 206 g/mol. The van der Waals surface area contributed by atoms with E-state index in [1.54, 1.807) is 0 Å². The molecule has 0 saturated heterocycles. The summed E-state index contributed by atoms with van der Waals surface area (Å²) in [6.45, 7) is 2.82. The highest BCUT2D eigenvalue weighted by Crippen LogP contribution is 2.31. The Hall–Kier alpha value is -1.25. The zero-order valence-electron chi connectivity index (χ0n) is 9.12. The van der Waals surface area contributed by atoms with Crippen molar-refractivity contribution >= 4 is 5.91 Å². The number of hydrogen-bond acceptors (Lipinski definition) is 1. The van der Waals surface area contributed by atoms with Crippen molar-refractivity contribution in [2.45, 2.75) is 32.7 Å². The van der Waals surface area contributed by atoms with E-state index in [-0.39, 0.29) is 11.8 Å². The molecule has 1 aliphatic rings. The lowest BCUT2D eigenvalue weighted by molar-refractivity contribution is -0.126. The number of carbonyl (C=O) groups is 1. The molecule has 3 nitrogen and oxygen atoms in total. The van der Waals surface area contributed by atoms with Crippen LogP contribution in [0.5, 0.6) is 0 Å². The highest BCUT2D eigenvalue weighted by atomic mass is 16.1. The van der Waals surface area contributed by atoms with Gasteiger partial charge in [0.25, 0.3) is 0 Å². The van der Waals surface area contributed by atoms with Crippen molar-refractivity contribution in [2.75, 3.05) is 0 Å². The Morgan fingerprint density at radius 1 is 1.60 bits per heavy atom. The predicted octanol–water partition coefficient (Wildman–Crippen LogP) is 2.07. The van der Waals surface area contributed by atoms with Gasteiger partial charge in [-0.2, -0.15) is 0 Å². The normalized spacial score (nSPS) is 25.4. The van der Waals surface area contributed by atoms with Crippen LogP contribution in [-0.2, 0) is 11.3 Å². The van der Waals surface area contributed by atoms with E-state index in [4.69, 9.17) is 0 Å². The smallest absolute Gasteiger partial charge is 0.223 e. The summed E-state index contributed by atoms with van der Waals surface area (Å²) in [5.41, 5.74) is 1.13. The molecule has 1 aromatic rings. The monoisotopic (exact) mass is 206 g/mol. The fraction of sp³-hybridized carbons (Fsp3) is 0.583. The third-order valence-corrected chi connectivity index (χ3v) is 3.33. The second-order valence-electron chi connectivity index (χ2n) is 4.45. The molecule has 15 heavy (non-hydrogen) atoms. The molecule has 0 spiro atoms. The predicted molar refractivity (Wildman–Crippen MR) is 59.1 cm³/mol. The van der Waals surface area contributed by atoms with Crippen molar-refractivity contribution in [1.29, 1.82) is 0 Å². The van der Waals surface area contributed by atoms with Crippen LogP contribution in [0.4, 0.5) is 0 Å². The van der Waals surface area contributed by atoms with Gasteiger partial charge < -0.3 is 10.3 Å². The summed E-state index contributed by atoms with van der Waals surface area (Å²) >= 11 is 0. The quantitative estimate of drug-likeness (QED) is 0.781. The Morgan fingerprint density at radius 3 is 3.07 bits per heavy atom. The van der Waals surface area contributed by atoms with Gasteiger partial charge in [-0.1, -0.05) is 13.3 Å². The van der Waals surface area contributed by atoms with Crippen molar-refractivity contribution < 1.29 is 4.79 Å². The first kappa shape index (κ1) is 10.3. The van der Waals surface area contributed by atoms with E-state index in [1.165, 1.54) is 12.8 Å². The average Bonchev–Trinajstić information content (AvgIpc) is 2.84. The largest absolute Gasteiger partial charge is 0.367 e. The standard InChI is InChI=1S/C12H18N2O/c1-9-3-2-4-11(9)12(15)14-8-10-5-6-13-7-10/h5-7,9,11,13H,2-4,8H2,1H3,(H,14,15). The maximum absolute atomic E-state index is 11.8. The van der Waals surface area contributed by atoms with Crippen molar-refractivity contribution in [2.24, 2.45) is 11.8 Å². The molecule has 2 unspecified atom stereocenters. The lowest BCUT2D eigenvalue weighted by Crippen LogP contribution is -2.31. The number of H-pyrrole nitrogens is 1. The lowest BCUT2D eigenvalue weighted by Gasteiger charge is -2.14. The second kappa shape index (κ2) is 4.51. The van der Waals surface area contributed by atoms with Crippen molar-refractivity contribution in [3.63, 3.8) is 0 Å². The van der Waals surface area contributed by atoms with E-state index in [2.05, 4.69) is 17.2 Å². The summed E-state index contributed by atoms with van der Waals surface area (Å²) in [5.74, 6) is 1.02. The maximum Gasteiger partial charge on any atom is 0.223 e. The highest BCUT2D eigenvalue weighted by Gasteiger charge is 2.29. The Balaban J connectivity index is 1.82. The lowest BCUT2D eigenvalue weighted by atomic mass is 9.97. The number of hydrogen-bond donors (Lipinski definition) is 2. The van der Waals surface area contributed by atoms with Crippen molar-refractivity contribution in [3.8, 4) is 0 Å². The fourth-order valence-corrected chi connectivity index (χ4v) is 2.32. The molecule has 0 aromatic carbocycles. The molecule has 3 heteroatoms. The first-order chi connectivity index (χ1) is 7.27. The summed E-state index contributed by atoms with van der Waals surface area (Å²) in [4.78, 5) is 14.8. The van der Waals surface area contributed by atoms with Crippen LogP contribution in [-0.4, -0.2) is 10.9 Å². The van der Waals surface area contributed by atoms with Gasteiger partial charge in [-0.3, -0.25) is 4.79 Å². The molecule has 1 heterocycles. The number of carbonyl (C=O) groups excluding carboxylic acids is 1. The van der Waals surface area contributed by atoms with Crippen LogP contribution in [0.3, 0.4) is 0 Å². The van der Waals surface area contributed by atoms with E-state index in [0.29, 0.717) is 12.5 Å². The third-order valence-electron chi connectivity index (χ3n) is 3.33. The minimum Gasteiger partial charge on any atom is -0.367 e. The van der Waals surface area contributed by atoms with Gasteiger partial charge in [-0.05, 0) is 30.4 Å². The summed E-state index contributed by atoms with van der Waals surface area (Å²) in [6.07, 6.45) is 7.24. The van der Waals surface area contributed by atoms with E-state index in [0.717, 1.165) is 12.0 Å². The Bertz CT molecular complexity index is 318. The molecule has 2 atom stereocenters. The fourth-order valence-electron chi connectivity index (χ4n) is 2.32. The van der Waals surface area contributed by atoms with Crippen LogP contribution in [0.25, 0.3) is 0 Å². The SMILES string of the molecule is CC1CCCC1C(=O)NCc1cc[nH]c1. The van der Waals surface area contributed by atoms with E-state index >= 15 is 0 Å². The molecule has 2 N–H and O–H groups in total. The molecule has 1 fully saturated rings. The molecule has 1 saturated carbocycles. The van der Waals surface area contributed by atoms with Gasteiger partial charge in [0.2, 0.25) is 5.91 Å².